The third-order valence-corrected chi connectivity index (χ3v) is 3.74. The fraction of sp³-hybridized carbons (Fsp3) is 0.125. The van der Waals surface area contributed by atoms with Gasteiger partial charge in [0.05, 0.1) is 6.54 Å². The van der Waals surface area contributed by atoms with Crippen molar-refractivity contribution in [1.29, 1.82) is 0 Å². The number of benzene rings is 2. The minimum atomic E-state index is -0.139. The number of guanidine groups is 2. The predicted octanol–water partition coefficient (Wildman–Crippen LogP) is 2.30. The Balaban J connectivity index is 1.77. The summed E-state index contributed by atoms with van der Waals surface area (Å²) in [5.74, 6) is 1.07. The van der Waals surface area contributed by atoms with E-state index in [-0.39, 0.29) is 6.17 Å². The first-order valence-corrected chi connectivity index (χ1v) is 6.90. The average Bonchev–Trinajstić information content (AvgIpc) is 2.53. The van der Waals surface area contributed by atoms with E-state index >= 15 is 0 Å². The zero-order valence-corrected chi connectivity index (χ0v) is 11.4. The summed E-state index contributed by atoms with van der Waals surface area (Å²) in [6.07, 6.45) is -0.139. The number of anilines is 1. The van der Waals surface area contributed by atoms with Crippen LogP contribution in [0.15, 0.2) is 64.6 Å². The van der Waals surface area contributed by atoms with Gasteiger partial charge in [-0.2, -0.15) is 4.99 Å². The molecule has 0 amide bonds. The van der Waals surface area contributed by atoms with Gasteiger partial charge in [0.15, 0.2) is 6.17 Å². The third-order valence-electron chi connectivity index (χ3n) is 3.74. The molecule has 2 heterocycles. The predicted molar refractivity (Wildman–Crippen MR) is 83.8 cm³/mol. The van der Waals surface area contributed by atoms with Crippen molar-refractivity contribution >= 4 is 17.6 Å². The zero-order chi connectivity index (χ0) is 14.2. The van der Waals surface area contributed by atoms with Gasteiger partial charge < -0.3 is 16.0 Å². The maximum Gasteiger partial charge on any atom is 0.220 e. The molecule has 4 rings (SSSR count). The largest absolute Gasteiger partial charge is 0.368 e. The normalized spacial score (nSPS) is 19.8. The van der Waals surface area contributed by atoms with Crippen molar-refractivity contribution in [3.05, 3.63) is 65.7 Å². The lowest BCUT2D eigenvalue weighted by Crippen LogP contribution is -2.45. The first-order chi connectivity index (χ1) is 10.3. The van der Waals surface area contributed by atoms with Crippen LogP contribution in [0.5, 0.6) is 0 Å². The lowest BCUT2D eigenvalue weighted by Gasteiger charge is -2.38. The van der Waals surface area contributed by atoms with E-state index in [4.69, 9.17) is 5.73 Å². The van der Waals surface area contributed by atoms with Gasteiger partial charge in [-0.05, 0) is 17.2 Å². The van der Waals surface area contributed by atoms with Gasteiger partial charge in [0, 0.05) is 5.69 Å². The molecule has 104 valence electrons. The Labute approximate surface area is 122 Å². The summed E-state index contributed by atoms with van der Waals surface area (Å²) in [6.45, 7) is 0.762. The van der Waals surface area contributed by atoms with Gasteiger partial charge in [0.1, 0.15) is 0 Å². The van der Waals surface area contributed by atoms with E-state index in [1.165, 1.54) is 5.56 Å². The summed E-state index contributed by atoms with van der Waals surface area (Å²) in [4.78, 5) is 11.0. The SMILES string of the molecule is NC1=NC(c2ccccc2)N2Cc3ccccc3NC2=N1. The molecule has 5 nitrogen and oxygen atoms in total. The van der Waals surface area contributed by atoms with Crippen LogP contribution in [0, 0.1) is 0 Å². The monoisotopic (exact) mass is 277 g/mol. The van der Waals surface area contributed by atoms with E-state index < -0.39 is 0 Å². The molecular weight excluding hydrogens is 262 g/mol. The topological polar surface area (TPSA) is 66.0 Å². The average molecular weight is 277 g/mol. The number of nitrogens with two attached hydrogens (primary N) is 1. The number of nitrogens with zero attached hydrogens (tertiary/aromatic N) is 3. The number of aliphatic imine (C=N–C) groups is 2. The van der Waals surface area contributed by atoms with Gasteiger partial charge in [-0.1, -0.05) is 48.5 Å². The van der Waals surface area contributed by atoms with Gasteiger partial charge in [0.25, 0.3) is 0 Å². The summed E-state index contributed by atoms with van der Waals surface area (Å²) < 4.78 is 0. The van der Waals surface area contributed by atoms with Crippen LogP contribution in [0.25, 0.3) is 0 Å². The van der Waals surface area contributed by atoms with Crippen LogP contribution in [0.3, 0.4) is 0 Å². The van der Waals surface area contributed by atoms with E-state index in [0.29, 0.717) is 5.96 Å². The van der Waals surface area contributed by atoms with Gasteiger partial charge in [0.2, 0.25) is 11.9 Å². The molecule has 1 unspecified atom stereocenters. The molecule has 0 fully saturated rings. The molecular formula is C16H15N5. The van der Waals surface area contributed by atoms with Crippen LogP contribution in [-0.2, 0) is 6.54 Å². The highest BCUT2D eigenvalue weighted by atomic mass is 15.4. The van der Waals surface area contributed by atoms with Crippen molar-refractivity contribution in [3.8, 4) is 0 Å². The zero-order valence-electron chi connectivity index (χ0n) is 11.4. The van der Waals surface area contributed by atoms with Crippen molar-refractivity contribution in [2.75, 3.05) is 5.32 Å². The lowest BCUT2D eigenvalue weighted by molar-refractivity contribution is 0.308. The molecule has 1 atom stereocenters. The lowest BCUT2D eigenvalue weighted by atomic mass is 10.1. The first-order valence-electron chi connectivity index (χ1n) is 6.90. The van der Waals surface area contributed by atoms with Crippen LogP contribution in [-0.4, -0.2) is 16.8 Å². The number of hydrogen-bond donors (Lipinski definition) is 2. The minimum absolute atomic E-state index is 0.139. The minimum Gasteiger partial charge on any atom is -0.368 e. The van der Waals surface area contributed by atoms with E-state index in [2.05, 4.69) is 44.5 Å². The fourth-order valence-electron chi connectivity index (χ4n) is 2.74. The van der Waals surface area contributed by atoms with Crippen molar-refractivity contribution < 1.29 is 0 Å². The smallest absolute Gasteiger partial charge is 0.220 e. The summed E-state index contributed by atoms with van der Waals surface area (Å²) in [7, 11) is 0. The molecule has 5 heteroatoms. The van der Waals surface area contributed by atoms with Crippen LogP contribution in [0.1, 0.15) is 17.3 Å². The quantitative estimate of drug-likeness (QED) is 0.840. The molecule has 2 aliphatic rings. The molecule has 21 heavy (non-hydrogen) atoms. The standard InChI is InChI=1S/C16H15N5/c17-15-19-14(11-6-2-1-3-7-11)21-10-12-8-4-5-9-13(12)18-16(21)20-15/h1-9,14H,10H2,(H3,17,18,19,20). The first kappa shape index (κ1) is 12.0. The molecule has 0 bridgehead atoms. The molecule has 0 saturated carbocycles. The van der Waals surface area contributed by atoms with Crippen LogP contribution >= 0.6 is 0 Å². The second-order valence-corrected chi connectivity index (χ2v) is 5.12. The number of fused-ring (bicyclic) bond motifs is 2. The van der Waals surface area contributed by atoms with E-state index in [0.717, 1.165) is 23.8 Å². The Kier molecular flexibility index (Phi) is 2.64. The number of rotatable bonds is 1. The second kappa shape index (κ2) is 4.63. The molecule has 0 aliphatic carbocycles. The highest BCUT2D eigenvalue weighted by molar-refractivity contribution is 6.04. The van der Waals surface area contributed by atoms with Gasteiger partial charge >= 0.3 is 0 Å². The molecule has 0 radical (unpaired) electrons. The molecule has 3 N–H and O–H groups in total. The van der Waals surface area contributed by atoms with Crippen LogP contribution in [0.2, 0.25) is 0 Å². The molecule has 2 aromatic rings. The van der Waals surface area contributed by atoms with Crippen molar-refractivity contribution in [2.45, 2.75) is 12.7 Å². The summed E-state index contributed by atoms with van der Waals surface area (Å²) in [5.41, 5.74) is 9.30. The summed E-state index contributed by atoms with van der Waals surface area (Å²) in [5, 5.41) is 3.34. The Bertz CT molecular complexity index is 735. The highest BCUT2D eigenvalue weighted by Gasteiger charge is 2.31. The highest BCUT2D eigenvalue weighted by Crippen LogP contribution is 2.32. The summed E-state index contributed by atoms with van der Waals surface area (Å²) >= 11 is 0. The third kappa shape index (κ3) is 2.03. The van der Waals surface area contributed by atoms with Crippen molar-refractivity contribution in [2.24, 2.45) is 15.7 Å². The molecule has 2 aromatic carbocycles. The molecule has 0 spiro atoms. The number of hydrogen-bond acceptors (Lipinski definition) is 5. The maximum atomic E-state index is 5.89. The molecule has 2 aliphatic heterocycles. The van der Waals surface area contributed by atoms with Crippen LogP contribution in [0.4, 0.5) is 5.69 Å². The number of para-hydroxylation sites is 1. The Morgan fingerprint density at radius 1 is 1.05 bits per heavy atom. The molecule has 0 saturated heterocycles. The van der Waals surface area contributed by atoms with Gasteiger partial charge in [-0.3, -0.25) is 0 Å². The van der Waals surface area contributed by atoms with E-state index in [1.54, 1.807) is 0 Å². The van der Waals surface area contributed by atoms with E-state index in [1.807, 2.05) is 30.3 Å². The Morgan fingerprint density at radius 3 is 2.67 bits per heavy atom. The van der Waals surface area contributed by atoms with Crippen molar-refractivity contribution in [1.82, 2.24) is 4.90 Å². The fourth-order valence-corrected chi connectivity index (χ4v) is 2.74. The Morgan fingerprint density at radius 2 is 1.81 bits per heavy atom. The second-order valence-electron chi connectivity index (χ2n) is 5.12. The number of nitrogens with one attached hydrogen (secondary N) is 1. The van der Waals surface area contributed by atoms with E-state index in [9.17, 15) is 0 Å². The van der Waals surface area contributed by atoms with Gasteiger partial charge in [-0.25, -0.2) is 4.99 Å². The molecule has 0 aromatic heterocycles. The van der Waals surface area contributed by atoms with Crippen molar-refractivity contribution in [3.63, 3.8) is 0 Å². The Hall–Kier alpha value is -2.82. The summed E-state index contributed by atoms with van der Waals surface area (Å²) in [6, 6.07) is 18.4. The van der Waals surface area contributed by atoms with Crippen LogP contribution < -0.4 is 11.1 Å². The van der Waals surface area contributed by atoms with Gasteiger partial charge in [-0.15, -0.1) is 0 Å². The maximum absolute atomic E-state index is 5.89.